The van der Waals surface area contributed by atoms with Crippen LogP contribution in [-0.4, -0.2) is 37.3 Å². The van der Waals surface area contributed by atoms with Crippen molar-refractivity contribution in [2.75, 3.05) is 25.8 Å². The predicted molar refractivity (Wildman–Crippen MR) is 130 cm³/mol. The van der Waals surface area contributed by atoms with Gasteiger partial charge in [0.05, 0.1) is 19.9 Å². The molecule has 0 bridgehead atoms. The molecule has 33 heavy (non-hydrogen) atoms. The highest BCUT2D eigenvalue weighted by molar-refractivity contribution is 6.44. The molecule has 0 saturated carbocycles. The molecule has 5 rings (SSSR count). The molecule has 0 radical (unpaired) electrons. The number of hydrogen-bond acceptors (Lipinski definition) is 6. The van der Waals surface area contributed by atoms with E-state index in [1.807, 2.05) is 83.9 Å². The zero-order valence-electron chi connectivity index (χ0n) is 18.6. The van der Waals surface area contributed by atoms with Crippen molar-refractivity contribution >= 4 is 23.4 Å². The summed E-state index contributed by atoms with van der Waals surface area (Å²) in [6.45, 7) is 0.681. The monoisotopic (exact) mass is 439 g/mol. The molecule has 6 nitrogen and oxygen atoms in total. The van der Waals surface area contributed by atoms with E-state index in [9.17, 15) is 4.79 Å². The lowest BCUT2D eigenvalue weighted by Gasteiger charge is -2.37. The topological polar surface area (TPSA) is 54.4 Å². The Hall–Kier alpha value is -4.06. The van der Waals surface area contributed by atoms with Gasteiger partial charge in [0.15, 0.2) is 23.5 Å². The maximum absolute atomic E-state index is 13.3. The third-order valence-corrected chi connectivity index (χ3v) is 6.01. The summed E-state index contributed by atoms with van der Waals surface area (Å²) in [4.78, 5) is 15.3. The number of hydrazone groups is 1. The first-order chi connectivity index (χ1) is 16.2. The molecular weight excluding hydrogens is 414 g/mol. The first-order valence-electron chi connectivity index (χ1n) is 10.9. The number of fused-ring (bicyclic) bond motifs is 3. The highest BCUT2D eigenvalue weighted by Crippen LogP contribution is 2.43. The Kier molecular flexibility index (Phi) is 5.57. The number of hydrogen-bond donors (Lipinski definition) is 0. The standard InChI is InChI=1S/C27H25N3O3/c1-32-24-17-20-15-16-29-26(23(31)14-13-19-9-5-3-6-10-19)28-30(21-11-7-4-8-12-21)27(29)22(20)18-25(24)33-2/h3-14,17-18,27H,15-16H2,1-2H3/b14-13+. The number of ketones is 1. The number of anilines is 1. The predicted octanol–water partition coefficient (Wildman–Crippen LogP) is 4.68. The highest BCUT2D eigenvalue weighted by Gasteiger charge is 2.42. The molecule has 0 amide bonds. The Bertz CT molecular complexity index is 1220. The number of para-hydroxylation sites is 1. The second-order valence-corrected chi connectivity index (χ2v) is 7.94. The average Bonchev–Trinajstić information content (AvgIpc) is 3.28. The lowest BCUT2D eigenvalue weighted by atomic mass is 9.95. The number of amidine groups is 1. The third-order valence-electron chi connectivity index (χ3n) is 6.01. The minimum atomic E-state index is -0.236. The fourth-order valence-corrected chi connectivity index (χ4v) is 4.41. The number of methoxy groups -OCH3 is 2. The Labute approximate surface area is 193 Å². The van der Waals surface area contributed by atoms with Gasteiger partial charge in [-0.1, -0.05) is 54.6 Å². The van der Waals surface area contributed by atoms with Gasteiger partial charge in [0.25, 0.3) is 0 Å². The minimum absolute atomic E-state index is 0.119. The Morgan fingerprint density at radius 3 is 2.33 bits per heavy atom. The maximum atomic E-state index is 13.3. The van der Waals surface area contributed by atoms with E-state index in [2.05, 4.69) is 4.90 Å². The summed E-state index contributed by atoms with van der Waals surface area (Å²) in [5.74, 6) is 1.69. The van der Waals surface area contributed by atoms with Crippen LogP contribution in [0.25, 0.3) is 6.08 Å². The van der Waals surface area contributed by atoms with Gasteiger partial charge in [-0.05, 0) is 47.9 Å². The summed E-state index contributed by atoms with van der Waals surface area (Å²) in [6.07, 6.45) is 3.98. The Morgan fingerprint density at radius 1 is 0.970 bits per heavy atom. The first kappa shape index (κ1) is 20.8. The summed E-state index contributed by atoms with van der Waals surface area (Å²) in [5.41, 5.74) is 4.12. The van der Waals surface area contributed by atoms with Gasteiger partial charge in [0.1, 0.15) is 0 Å². The van der Waals surface area contributed by atoms with Crippen molar-refractivity contribution in [2.24, 2.45) is 5.10 Å². The van der Waals surface area contributed by atoms with Crippen LogP contribution in [0.3, 0.4) is 0 Å². The van der Waals surface area contributed by atoms with Gasteiger partial charge < -0.3 is 14.4 Å². The molecule has 166 valence electrons. The van der Waals surface area contributed by atoms with E-state index >= 15 is 0 Å². The van der Waals surface area contributed by atoms with Crippen molar-refractivity contribution in [3.63, 3.8) is 0 Å². The number of nitrogens with zero attached hydrogens (tertiary/aromatic N) is 3. The van der Waals surface area contributed by atoms with Gasteiger partial charge in [0.2, 0.25) is 5.78 Å². The van der Waals surface area contributed by atoms with Gasteiger partial charge in [-0.3, -0.25) is 4.79 Å². The van der Waals surface area contributed by atoms with Crippen molar-refractivity contribution in [2.45, 2.75) is 12.6 Å². The summed E-state index contributed by atoms with van der Waals surface area (Å²) >= 11 is 0. The summed E-state index contributed by atoms with van der Waals surface area (Å²) < 4.78 is 11.1. The van der Waals surface area contributed by atoms with E-state index in [1.54, 1.807) is 20.3 Å². The minimum Gasteiger partial charge on any atom is -0.493 e. The summed E-state index contributed by atoms with van der Waals surface area (Å²) in [6, 6.07) is 23.8. The van der Waals surface area contributed by atoms with Crippen LogP contribution in [0.4, 0.5) is 5.69 Å². The van der Waals surface area contributed by atoms with Gasteiger partial charge >= 0.3 is 0 Å². The second-order valence-electron chi connectivity index (χ2n) is 7.94. The van der Waals surface area contributed by atoms with E-state index in [0.29, 0.717) is 23.9 Å². The molecule has 2 aliphatic heterocycles. The number of carbonyl (C=O) groups excluding carboxylic acids is 1. The molecule has 0 aliphatic carbocycles. The van der Waals surface area contributed by atoms with Crippen LogP contribution in [0.1, 0.15) is 22.9 Å². The fourth-order valence-electron chi connectivity index (χ4n) is 4.41. The van der Waals surface area contributed by atoms with Gasteiger partial charge in [-0.2, -0.15) is 0 Å². The molecule has 3 aromatic carbocycles. The van der Waals surface area contributed by atoms with E-state index in [1.165, 1.54) is 5.56 Å². The molecule has 2 heterocycles. The van der Waals surface area contributed by atoms with Gasteiger partial charge in [0, 0.05) is 12.1 Å². The smallest absolute Gasteiger partial charge is 0.222 e. The lowest BCUT2D eigenvalue weighted by molar-refractivity contribution is -0.109. The van der Waals surface area contributed by atoms with E-state index < -0.39 is 0 Å². The molecule has 1 unspecified atom stereocenters. The molecule has 0 saturated heterocycles. The average molecular weight is 440 g/mol. The number of benzene rings is 3. The summed E-state index contributed by atoms with van der Waals surface area (Å²) in [5, 5.41) is 6.74. The van der Waals surface area contributed by atoms with E-state index in [-0.39, 0.29) is 11.9 Å². The van der Waals surface area contributed by atoms with Crippen LogP contribution in [0, 0.1) is 0 Å². The van der Waals surface area contributed by atoms with Crippen LogP contribution in [0.2, 0.25) is 0 Å². The Balaban J connectivity index is 1.56. The van der Waals surface area contributed by atoms with Crippen LogP contribution in [0.5, 0.6) is 11.5 Å². The van der Waals surface area contributed by atoms with Crippen LogP contribution in [0.15, 0.2) is 84.0 Å². The number of rotatable bonds is 6. The highest BCUT2D eigenvalue weighted by atomic mass is 16.5. The van der Waals surface area contributed by atoms with Gasteiger partial charge in [-0.25, -0.2) is 5.01 Å². The van der Waals surface area contributed by atoms with Crippen LogP contribution >= 0.6 is 0 Å². The number of carbonyl (C=O) groups is 1. The lowest BCUT2D eigenvalue weighted by Crippen LogP contribution is -2.42. The van der Waals surface area contributed by atoms with Crippen LogP contribution in [-0.2, 0) is 11.2 Å². The normalized spacial score (nSPS) is 16.9. The Morgan fingerprint density at radius 2 is 1.64 bits per heavy atom. The van der Waals surface area contributed by atoms with Crippen molar-refractivity contribution < 1.29 is 14.3 Å². The third kappa shape index (κ3) is 3.84. The summed E-state index contributed by atoms with van der Waals surface area (Å²) in [7, 11) is 3.28. The SMILES string of the molecule is COc1cc2c(cc1OC)C1N(CC2)C(C(=O)/C=C/c2ccccc2)=NN1c1ccccc1. The molecule has 0 aromatic heterocycles. The molecule has 0 N–H and O–H groups in total. The molecule has 2 aliphatic rings. The molecule has 0 spiro atoms. The largest absolute Gasteiger partial charge is 0.493 e. The quantitative estimate of drug-likeness (QED) is 0.522. The van der Waals surface area contributed by atoms with E-state index in [4.69, 9.17) is 14.6 Å². The molecular formula is C27H25N3O3. The van der Waals surface area contributed by atoms with Crippen molar-refractivity contribution in [3.05, 3.63) is 95.6 Å². The zero-order chi connectivity index (χ0) is 22.8. The molecule has 3 aromatic rings. The van der Waals surface area contributed by atoms with Crippen molar-refractivity contribution in [1.29, 1.82) is 0 Å². The number of ether oxygens (including phenoxy) is 2. The van der Waals surface area contributed by atoms with E-state index in [0.717, 1.165) is 23.2 Å². The van der Waals surface area contributed by atoms with Crippen LogP contribution < -0.4 is 14.5 Å². The second kappa shape index (κ2) is 8.82. The van der Waals surface area contributed by atoms with Crippen molar-refractivity contribution in [3.8, 4) is 11.5 Å². The first-order valence-corrected chi connectivity index (χ1v) is 10.9. The maximum Gasteiger partial charge on any atom is 0.222 e. The molecule has 6 heteroatoms. The van der Waals surface area contributed by atoms with Crippen molar-refractivity contribution in [1.82, 2.24) is 4.90 Å². The molecule has 1 atom stereocenters. The fraction of sp³-hybridized carbons (Fsp3) is 0.185. The zero-order valence-corrected chi connectivity index (χ0v) is 18.6. The molecule has 0 fully saturated rings. The van der Waals surface area contributed by atoms with Gasteiger partial charge in [-0.15, -0.1) is 5.10 Å².